The molecule has 0 N–H and O–H groups in total. The Balaban J connectivity index is 1.82. The highest BCUT2D eigenvalue weighted by Gasteiger charge is 2.25. The second kappa shape index (κ2) is 8.77. The summed E-state index contributed by atoms with van der Waals surface area (Å²) in [5.41, 5.74) is 1.67. The Labute approximate surface area is 194 Å². The molecule has 1 heterocycles. The molecule has 1 aromatic heterocycles. The van der Waals surface area contributed by atoms with Crippen molar-refractivity contribution in [2.24, 2.45) is 0 Å². The molecule has 0 saturated heterocycles. The third-order valence-electron chi connectivity index (χ3n) is 4.78. The van der Waals surface area contributed by atoms with Crippen molar-refractivity contribution < 1.29 is 25.6 Å². The Bertz CT molecular complexity index is 1530. The van der Waals surface area contributed by atoms with Gasteiger partial charge in [0.05, 0.1) is 21.2 Å². The number of hydrogen-bond acceptors (Lipinski definition) is 6. The molecule has 33 heavy (non-hydrogen) atoms. The Morgan fingerprint density at radius 1 is 0.818 bits per heavy atom. The minimum atomic E-state index is -3.92. The molecule has 0 saturated carbocycles. The highest BCUT2D eigenvalue weighted by molar-refractivity contribution is 7.92. The predicted octanol–water partition coefficient (Wildman–Crippen LogP) is 5.13. The van der Waals surface area contributed by atoms with Crippen LogP contribution in [-0.2, 0) is 25.4 Å². The molecule has 4 rings (SSSR count). The van der Waals surface area contributed by atoms with Gasteiger partial charge in [0, 0.05) is 11.8 Å². The molecule has 0 aliphatic heterocycles. The van der Waals surface area contributed by atoms with E-state index in [9.17, 15) is 25.6 Å². The van der Waals surface area contributed by atoms with E-state index in [4.69, 9.17) is 0 Å². The topological polar surface area (TPSA) is 81.2 Å². The first kappa shape index (κ1) is 23.2. The Morgan fingerprint density at radius 3 is 2.06 bits per heavy atom. The smallest absolute Gasteiger partial charge is 0.210 e. The van der Waals surface area contributed by atoms with E-state index in [0.29, 0.717) is 21.7 Å². The van der Waals surface area contributed by atoms with Crippen LogP contribution in [-0.4, -0.2) is 28.1 Å². The second-order valence-electron chi connectivity index (χ2n) is 7.35. The zero-order chi connectivity index (χ0) is 23.8. The van der Waals surface area contributed by atoms with Crippen molar-refractivity contribution in [2.45, 2.75) is 15.0 Å². The summed E-state index contributed by atoms with van der Waals surface area (Å²) in [4.78, 5) is 4.95. The molecule has 3 aromatic carbocycles. The third-order valence-corrected chi connectivity index (χ3v) is 9.16. The van der Waals surface area contributed by atoms with Gasteiger partial charge in [-0.3, -0.25) is 0 Å². The van der Waals surface area contributed by atoms with Crippen molar-refractivity contribution >= 4 is 31.0 Å². The van der Waals surface area contributed by atoms with E-state index in [2.05, 4.69) is 4.98 Å². The lowest BCUT2D eigenvalue weighted by Crippen LogP contribution is -2.04. The van der Waals surface area contributed by atoms with E-state index >= 15 is 0 Å². The van der Waals surface area contributed by atoms with Gasteiger partial charge in [-0.15, -0.1) is 11.3 Å². The van der Waals surface area contributed by atoms with Gasteiger partial charge in [-0.2, -0.15) is 0 Å². The Morgan fingerprint density at radius 2 is 1.45 bits per heavy atom. The molecule has 0 amide bonds. The molecular weight excluding hydrogens is 488 g/mol. The lowest BCUT2D eigenvalue weighted by atomic mass is 10.1. The molecule has 10 heteroatoms. The van der Waals surface area contributed by atoms with Crippen molar-refractivity contribution in [1.82, 2.24) is 4.98 Å². The van der Waals surface area contributed by atoms with Crippen LogP contribution >= 0.6 is 11.3 Å². The third kappa shape index (κ3) is 5.18. The van der Waals surface area contributed by atoms with Gasteiger partial charge in [-0.25, -0.2) is 30.6 Å². The highest BCUT2D eigenvalue weighted by Crippen LogP contribution is 2.39. The number of halogens is 2. The van der Waals surface area contributed by atoms with Crippen LogP contribution in [0.15, 0.2) is 82.0 Å². The minimum absolute atomic E-state index is 0.123. The van der Waals surface area contributed by atoms with Crippen molar-refractivity contribution in [1.29, 1.82) is 0 Å². The van der Waals surface area contributed by atoms with Crippen molar-refractivity contribution in [3.63, 3.8) is 0 Å². The van der Waals surface area contributed by atoms with Crippen LogP contribution in [0.1, 0.15) is 5.56 Å². The van der Waals surface area contributed by atoms with E-state index in [-0.39, 0.29) is 14.8 Å². The van der Waals surface area contributed by atoms with Crippen LogP contribution < -0.4 is 0 Å². The zero-order valence-electron chi connectivity index (χ0n) is 17.2. The molecule has 0 aliphatic rings. The molecule has 0 spiro atoms. The fourth-order valence-corrected chi connectivity index (χ4v) is 6.56. The monoisotopic (exact) mass is 505 g/mol. The fraction of sp³-hybridized carbons (Fsp3) is 0.0870. The van der Waals surface area contributed by atoms with Gasteiger partial charge in [0.25, 0.3) is 0 Å². The van der Waals surface area contributed by atoms with Crippen molar-refractivity contribution in [3.8, 4) is 21.7 Å². The van der Waals surface area contributed by atoms with Gasteiger partial charge in [0.15, 0.2) is 9.84 Å². The normalized spacial score (nSPS) is 12.1. The van der Waals surface area contributed by atoms with E-state index in [1.165, 1.54) is 54.6 Å². The van der Waals surface area contributed by atoms with Crippen LogP contribution in [0.5, 0.6) is 0 Å². The van der Waals surface area contributed by atoms with Gasteiger partial charge in [0.2, 0.25) is 14.2 Å². The first-order valence-electron chi connectivity index (χ1n) is 9.57. The molecule has 0 radical (unpaired) electrons. The maximum Gasteiger partial charge on any atom is 0.210 e. The zero-order valence-corrected chi connectivity index (χ0v) is 19.6. The first-order valence-corrected chi connectivity index (χ1v) is 13.9. The van der Waals surface area contributed by atoms with Crippen LogP contribution in [0.4, 0.5) is 8.78 Å². The molecule has 0 fully saturated rings. The van der Waals surface area contributed by atoms with Gasteiger partial charge in [-0.1, -0.05) is 24.3 Å². The Kier molecular flexibility index (Phi) is 6.17. The van der Waals surface area contributed by atoms with Crippen LogP contribution in [0, 0.1) is 11.6 Å². The quantitative estimate of drug-likeness (QED) is 0.363. The first-order chi connectivity index (χ1) is 15.5. The predicted molar refractivity (Wildman–Crippen MR) is 123 cm³/mol. The van der Waals surface area contributed by atoms with E-state index in [1.54, 1.807) is 12.1 Å². The summed E-state index contributed by atoms with van der Waals surface area (Å²) < 4.78 is 76.5. The number of benzene rings is 3. The molecule has 0 bridgehead atoms. The molecule has 0 aliphatic carbocycles. The standard InChI is InChI=1S/C23H17F2NO4S3/c1-32(27,28)20-11-7-17(8-12-20)22-21(16-5-9-18(24)10-6-16)26-23(31-22)33(29,30)14-15-3-2-4-19(25)13-15/h2-13H,14H2,1H3. The molecule has 5 nitrogen and oxygen atoms in total. The van der Waals surface area contributed by atoms with E-state index in [0.717, 1.165) is 23.7 Å². The molecule has 0 atom stereocenters. The van der Waals surface area contributed by atoms with Gasteiger partial charge in [0.1, 0.15) is 11.6 Å². The fourth-order valence-electron chi connectivity index (χ4n) is 3.19. The average Bonchev–Trinajstić information content (AvgIpc) is 3.20. The number of aromatic nitrogens is 1. The molecular formula is C23H17F2NO4S3. The van der Waals surface area contributed by atoms with Gasteiger partial charge < -0.3 is 0 Å². The van der Waals surface area contributed by atoms with Gasteiger partial charge in [-0.05, 0) is 59.7 Å². The molecule has 170 valence electrons. The molecule has 0 unspecified atom stereocenters. The summed E-state index contributed by atoms with van der Waals surface area (Å²) in [5, 5.41) is 0. The number of hydrogen-bond donors (Lipinski definition) is 0. The summed E-state index contributed by atoms with van der Waals surface area (Å²) in [6.45, 7) is 0. The SMILES string of the molecule is CS(=O)(=O)c1ccc(-c2sc(S(=O)(=O)Cc3cccc(F)c3)nc2-c2ccc(F)cc2)cc1. The Hall–Kier alpha value is -2.95. The second-order valence-corrected chi connectivity index (χ2v) is 12.5. The lowest BCUT2D eigenvalue weighted by molar-refractivity contribution is 0.593. The number of sulfone groups is 2. The summed E-state index contributed by atoms with van der Waals surface area (Å²) in [5.74, 6) is -1.43. The largest absolute Gasteiger partial charge is 0.224 e. The average molecular weight is 506 g/mol. The minimum Gasteiger partial charge on any atom is -0.224 e. The van der Waals surface area contributed by atoms with E-state index in [1.807, 2.05) is 0 Å². The van der Waals surface area contributed by atoms with E-state index < -0.39 is 37.1 Å². The number of nitrogens with zero attached hydrogens (tertiary/aromatic N) is 1. The summed E-state index contributed by atoms with van der Waals surface area (Å²) >= 11 is 0.919. The van der Waals surface area contributed by atoms with Crippen LogP contribution in [0.3, 0.4) is 0 Å². The van der Waals surface area contributed by atoms with Crippen LogP contribution in [0.25, 0.3) is 21.7 Å². The van der Waals surface area contributed by atoms with Gasteiger partial charge >= 0.3 is 0 Å². The van der Waals surface area contributed by atoms with Crippen molar-refractivity contribution in [3.05, 3.63) is 90.0 Å². The summed E-state index contributed by atoms with van der Waals surface area (Å²) in [6, 6.07) is 16.8. The molecule has 4 aromatic rings. The van der Waals surface area contributed by atoms with Crippen molar-refractivity contribution in [2.75, 3.05) is 6.26 Å². The van der Waals surface area contributed by atoms with Crippen LogP contribution in [0.2, 0.25) is 0 Å². The highest BCUT2D eigenvalue weighted by atomic mass is 32.2. The lowest BCUT2D eigenvalue weighted by Gasteiger charge is -2.04. The number of rotatable bonds is 6. The maximum absolute atomic E-state index is 13.5. The maximum atomic E-state index is 13.5. The summed E-state index contributed by atoms with van der Waals surface area (Å²) in [7, 11) is -7.32. The summed E-state index contributed by atoms with van der Waals surface area (Å²) in [6.07, 6.45) is 1.09. The number of thiazole rings is 1.